The molecule has 25 heavy (non-hydrogen) atoms. The average molecular weight is 344 g/mol. The minimum absolute atomic E-state index is 0.0707. The third-order valence-electron chi connectivity index (χ3n) is 3.70. The van der Waals surface area contributed by atoms with Gasteiger partial charge in [0.15, 0.2) is 5.96 Å². The molecule has 1 aromatic carbocycles. The highest BCUT2D eigenvalue weighted by Gasteiger charge is 2.10. The first-order chi connectivity index (χ1) is 12.2. The van der Waals surface area contributed by atoms with Gasteiger partial charge in [-0.05, 0) is 36.6 Å². The van der Waals surface area contributed by atoms with Crippen molar-refractivity contribution in [3.63, 3.8) is 0 Å². The first-order valence-electron chi connectivity index (χ1n) is 8.47. The van der Waals surface area contributed by atoms with Gasteiger partial charge in [0.25, 0.3) is 0 Å². The number of aromatic nitrogens is 1. The third kappa shape index (κ3) is 6.79. The van der Waals surface area contributed by atoms with Crippen molar-refractivity contribution in [2.24, 2.45) is 4.99 Å². The highest BCUT2D eigenvalue weighted by atomic mass is 19.1. The predicted octanol–water partition coefficient (Wildman–Crippen LogP) is 2.79. The van der Waals surface area contributed by atoms with Crippen LogP contribution >= 0.6 is 0 Å². The first kappa shape index (κ1) is 18.7. The van der Waals surface area contributed by atoms with Crippen molar-refractivity contribution < 1.29 is 9.13 Å². The molecule has 0 saturated heterocycles. The Morgan fingerprint density at radius 2 is 2.16 bits per heavy atom. The summed E-state index contributed by atoms with van der Waals surface area (Å²) in [6, 6.07) is 10.2. The van der Waals surface area contributed by atoms with Crippen LogP contribution in [0.4, 0.5) is 4.39 Å². The zero-order valence-electron chi connectivity index (χ0n) is 14.7. The number of pyridine rings is 1. The van der Waals surface area contributed by atoms with Crippen LogP contribution in [0.15, 0.2) is 53.8 Å². The van der Waals surface area contributed by atoms with Gasteiger partial charge in [0.2, 0.25) is 0 Å². The maximum atomic E-state index is 13.2. The van der Waals surface area contributed by atoms with Gasteiger partial charge in [0.1, 0.15) is 17.7 Å². The molecular formula is C19H25FN4O. The summed E-state index contributed by atoms with van der Waals surface area (Å²) in [6.45, 7) is 3.37. The number of rotatable bonds is 8. The Morgan fingerprint density at radius 1 is 1.28 bits per heavy atom. The van der Waals surface area contributed by atoms with Crippen LogP contribution in [-0.2, 0) is 6.42 Å². The molecule has 6 heteroatoms. The van der Waals surface area contributed by atoms with Gasteiger partial charge >= 0.3 is 0 Å². The van der Waals surface area contributed by atoms with Crippen LogP contribution in [0.2, 0.25) is 0 Å². The van der Waals surface area contributed by atoms with Crippen molar-refractivity contribution in [1.82, 2.24) is 15.6 Å². The number of ether oxygens (including phenoxy) is 1. The molecule has 5 nitrogen and oxygen atoms in total. The van der Waals surface area contributed by atoms with Crippen molar-refractivity contribution in [3.8, 4) is 5.75 Å². The molecule has 1 heterocycles. The van der Waals surface area contributed by atoms with Gasteiger partial charge in [-0.3, -0.25) is 9.98 Å². The lowest BCUT2D eigenvalue weighted by Crippen LogP contribution is -2.43. The van der Waals surface area contributed by atoms with E-state index in [-0.39, 0.29) is 11.9 Å². The Bertz CT molecular complexity index is 663. The molecule has 0 bridgehead atoms. The average Bonchev–Trinajstić information content (AvgIpc) is 2.64. The molecule has 0 amide bonds. The lowest BCUT2D eigenvalue weighted by atomic mass is 10.2. The monoisotopic (exact) mass is 344 g/mol. The summed E-state index contributed by atoms with van der Waals surface area (Å²) in [5.74, 6) is 0.951. The summed E-state index contributed by atoms with van der Waals surface area (Å²) in [6.07, 6.45) is 5.22. The van der Waals surface area contributed by atoms with E-state index in [2.05, 4.69) is 20.6 Å². The molecule has 134 valence electrons. The van der Waals surface area contributed by atoms with Crippen LogP contribution in [0.3, 0.4) is 0 Å². The summed E-state index contributed by atoms with van der Waals surface area (Å²) in [4.78, 5) is 8.31. The van der Waals surface area contributed by atoms with Gasteiger partial charge in [-0.1, -0.05) is 19.1 Å². The number of nitrogens with one attached hydrogen (secondary N) is 2. The van der Waals surface area contributed by atoms with Crippen LogP contribution in [0, 0.1) is 5.82 Å². The number of benzene rings is 1. The van der Waals surface area contributed by atoms with E-state index in [1.54, 1.807) is 25.4 Å². The Morgan fingerprint density at radius 3 is 2.84 bits per heavy atom. The van der Waals surface area contributed by atoms with E-state index in [0.29, 0.717) is 18.3 Å². The van der Waals surface area contributed by atoms with E-state index >= 15 is 0 Å². The predicted molar refractivity (Wildman–Crippen MR) is 98.4 cm³/mol. The van der Waals surface area contributed by atoms with Gasteiger partial charge in [-0.25, -0.2) is 4.39 Å². The zero-order valence-corrected chi connectivity index (χ0v) is 14.7. The number of aliphatic imine (C=N–C) groups is 1. The van der Waals surface area contributed by atoms with Gasteiger partial charge in [-0.2, -0.15) is 0 Å². The molecule has 0 aliphatic carbocycles. The normalized spacial score (nSPS) is 12.5. The number of hydrogen-bond acceptors (Lipinski definition) is 3. The second-order valence-electron chi connectivity index (χ2n) is 5.60. The SMILES string of the molecule is CCC(CNC(=NC)NCCc1cccnc1)Oc1cccc(F)c1. The van der Waals surface area contributed by atoms with Gasteiger partial charge in [0, 0.05) is 32.1 Å². The van der Waals surface area contributed by atoms with Crippen molar-refractivity contribution in [2.75, 3.05) is 20.1 Å². The van der Waals surface area contributed by atoms with Crippen molar-refractivity contribution in [1.29, 1.82) is 0 Å². The fourth-order valence-electron chi connectivity index (χ4n) is 2.30. The molecule has 0 saturated carbocycles. The van der Waals surface area contributed by atoms with Crippen molar-refractivity contribution in [2.45, 2.75) is 25.9 Å². The van der Waals surface area contributed by atoms with Crippen LogP contribution in [0.25, 0.3) is 0 Å². The molecule has 0 aliphatic rings. The van der Waals surface area contributed by atoms with Crippen LogP contribution in [0.5, 0.6) is 5.75 Å². The molecule has 0 radical (unpaired) electrons. The summed E-state index contributed by atoms with van der Waals surface area (Å²) in [7, 11) is 1.73. The summed E-state index contributed by atoms with van der Waals surface area (Å²) < 4.78 is 19.1. The molecule has 0 spiro atoms. The summed E-state index contributed by atoms with van der Waals surface area (Å²) in [5.41, 5.74) is 1.17. The Kier molecular flexibility index (Phi) is 7.69. The second-order valence-corrected chi connectivity index (χ2v) is 5.60. The Balaban J connectivity index is 1.76. The van der Waals surface area contributed by atoms with Crippen molar-refractivity contribution in [3.05, 3.63) is 60.2 Å². The van der Waals surface area contributed by atoms with Gasteiger partial charge in [0.05, 0.1) is 6.54 Å². The quantitative estimate of drug-likeness (QED) is 0.571. The second kappa shape index (κ2) is 10.3. The van der Waals surface area contributed by atoms with Crippen LogP contribution < -0.4 is 15.4 Å². The molecule has 1 unspecified atom stereocenters. The maximum absolute atomic E-state index is 13.2. The van der Waals surface area contributed by atoms with E-state index in [0.717, 1.165) is 19.4 Å². The van der Waals surface area contributed by atoms with E-state index in [1.807, 2.05) is 25.3 Å². The lowest BCUT2D eigenvalue weighted by Gasteiger charge is -2.20. The van der Waals surface area contributed by atoms with Gasteiger partial charge < -0.3 is 15.4 Å². The Labute approximate surface area is 148 Å². The largest absolute Gasteiger partial charge is 0.489 e. The first-order valence-corrected chi connectivity index (χ1v) is 8.47. The summed E-state index contributed by atoms with van der Waals surface area (Å²) in [5, 5.41) is 6.51. The minimum atomic E-state index is -0.298. The smallest absolute Gasteiger partial charge is 0.191 e. The molecule has 2 N–H and O–H groups in total. The van der Waals surface area contributed by atoms with Crippen LogP contribution in [0.1, 0.15) is 18.9 Å². The van der Waals surface area contributed by atoms with E-state index in [1.165, 1.54) is 17.7 Å². The maximum Gasteiger partial charge on any atom is 0.191 e. The van der Waals surface area contributed by atoms with E-state index in [4.69, 9.17) is 4.74 Å². The Hall–Kier alpha value is -2.63. The minimum Gasteiger partial charge on any atom is -0.489 e. The van der Waals surface area contributed by atoms with Crippen molar-refractivity contribution >= 4 is 5.96 Å². The third-order valence-corrected chi connectivity index (χ3v) is 3.70. The van der Waals surface area contributed by atoms with Gasteiger partial charge in [-0.15, -0.1) is 0 Å². The number of halogens is 1. The molecule has 2 rings (SSSR count). The summed E-state index contributed by atoms with van der Waals surface area (Å²) >= 11 is 0. The molecule has 1 aromatic heterocycles. The fraction of sp³-hybridized carbons (Fsp3) is 0.368. The highest BCUT2D eigenvalue weighted by molar-refractivity contribution is 5.79. The molecule has 0 aliphatic heterocycles. The number of nitrogens with zero attached hydrogens (tertiary/aromatic N) is 2. The molecule has 1 atom stereocenters. The fourth-order valence-corrected chi connectivity index (χ4v) is 2.30. The lowest BCUT2D eigenvalue weighted by molar-refractivity contribution is 0.199. The zero-order chi connectivity index (χ0) is 17.9. The topological polar surface area (TPSA) is 58.5 Å². The number of guanidine groups is 1. The van der Waals surface area contributed by atoms with Crippen LogP contribution in [-0.4, -0.2) is 37.2 Å². The standard InChI is InChI=1S/C19H25FN4O/c1-3-17(25-18-8-4-7-16(20)12-18)14-24-19(21-2)23-11-9-15-6-5-10-22-13-15/h4-8,10,12-13,17H,3,9,11,14H2,1-2H3,(H2,21,23,24). The van der Waals surface area contributed by atoms with E-state index in [9.17, 15) is 4.39 Å². The highest BCUT2D eigenvalue weighted by Crippen LogP contribution is 2.14. The molecule has 2 aromatic rings. The van der Waals surface area contributed by atoms with E-state index < -0.39 is 0 Å². The number of hydrogen-bond donors (Lipinski definition) is 2. The molecular weight excluding hydrogens is 319 g/mol. The molecule has 0 fully saturated rings.